The van der Waals surface area contributed by atoms with E-state index < -0.39 is 0 Å². The van der Waals surface area contributed by atoms with Crippen LogP contribution in [-0.4, -0.2) is 33.6 Å². The van der Waals surface area contributed by atoms with Gasteiger partial charge in [0.15, 0.2) is 5.15 Å². The highest BCUT2D eigenvalue weighted by Crippen LogP contribution is 2.19. The predicted octanol–water partition coefficient (Wildman–Crippen LogP) is 2.53. The zero-order valence-electron chi connectivity index (χ0n) is 12.7. The Morgan fingerprint density at radius 1 is 1.50 bits per heavy atom. The summed E-state index contributed by atoms with van der Waals surface area (Å²) in [7, 11) is 0. The van der Waals surface area contributed by atoms with E-state index >= 15 is 0 Å². The number of nitrogens with one attached hydrogen (secondary N) is 1. The average Bonchev–Trinajstić information content (AvgIpc) is 2.78. The van der Waals surface area contributed by atoms with Crippen molar-refractivity contribution in [1.82, 2.24) is 14.7 Å². The Balaban J connectivity index is 2.04. The molecule has 2 aromatic heterocycles. The van der Waals surface area contributed by atoms with Crippen LogP contribution in [0.25, 0.3) is 11.7 Å². The molecule has 2 aromatic rings. The Hall–Kier alpha value is -1.85. The molecule has 0 atom stereocenters. The standard InChI is InChI=1S/C16H20ClN3O2/c1-16(2,8-10-21)11-18-14(22)7-6-12-15(17)19-13-5-3-4-9-20(12)13/h3-7,9,21H,8,10-11H2,1-2H3,(H,18,22)/b7-6+. The Bertz CT molecular complexity index is 692. The Kier molecular flexibility index (Phi) is 5.21. The number of rotatable bonds is 6. The lowest BCUT2D eigenvalue weighted by Crippen LogP contribution is -2.33. The van der Waals surface area contributed by atoms with Crippen LogP contribution in [0.15, 0.2) is 30.5 Å². The van der Waals surface area contributed by atoms with Crippen molar-refractivity contribution in [3.8, 4) is 0 Å². The first-order valence-corrected chi connectivity index (χ1v) is 7.50. The maximum absolute atomic E-state index is 11.9. The molecule has 22 heavy (non-hydrogen) atoms. The maximum Gasteiger partial charge on any atom is 0.244 e. The van der Waals surface area contributed by atoms with Crippen LogP contribution in [-0.2, 0) is 4.79 Å². The normalized spacial score (nSPS) is 12.2. The van der Waals surface area contributed by atoms with Gasteiger partial charge in [0.25, 0.3) is 0 Å². The lowest BCUT2D eigenvalue weighted by atomic mass is 9.90. The minimum atomic E-state index is -0.201. The quantitative estimate of drug-likeness (QED) is 0.803. The number of hydrogen-bond donors (Lipinski definition) is 2. The van der Waals surface area contributed by atoms with Crippen molar-refractivity contribution >= 4 is 29.2 Å². The second-order valence-corrected chi connectivity index (χ2v) is 6.26. The fraction of sp³-hybridized carbons (Fsp3) is 0.375. The van der Waals surface area contributed by atoms with E-state index in [0.29, 0.717) is 23.8 Å². The Morgan fingerprint density at radius 2 is 2.27 bits per heavy atom. The van der Waals surface area contributed by atoms with E-state index in [-0.39, 0.29) is 17.9 Å². The van der Waals surface area contributed by atoms with Crippen LogP contribution in [0, 0.1) is 5.41 Å². The second kappa shape index (κ2) is 6.94. The molecular formula is C16H20ClN3O2. The SMILES string of the molecule is CC(C)(CCO)CNC(=O)/C=C/c1c(Cl)nc2ccccn12. The second-order valence-electron chi connectivity index (χ2n) is 5.91. The van der Waals surface area contributed by atoms with Crippen LogP contribution in [0.5, 0.6) is 0 Å². The third kappa shape index (κ3) is 4.08. The van der Waals surface area contributed by atoms with E-state index in [9.17, 15) is 4.79 Å². The minimum absolute atomic E-state index is 0.107. The number of carbonyl (C=O) groups is 1. The Morgan fingerprint density at radius 3 is 3.00 bits per heavy atom. The van der Waals surface area contributed by atoms with Crippen LogP contribution >= 0.6 is 11.6 Å². The molecule has 0 fully saturated rings. The number of imidazole rings is 1. The zero-order valence-corrected chi connectivity index (χ0v) is 13.5. The molecule has 6 heteroatoms. The largest absolute Gasteiger partial charge is 0.396 e. The number of amides is 1. The van der Waals surface area contributed by atoms with Crippen molar-refractivity contribution in [2.75, 3.05) is 13.2 Å². The monoisotopic (exact) mass is 321 g/mol. The molecule has 0 aliphatic rings. The first-order chi connectivity index (χ1) is 10.4. The lowest BCUT2D eigenvalue weighted by molar-refractivity contribution is -0.116. The van der Waals surface area contributed by atoms with Crippen LogP contribution in [0.3, 0.4) is 0 Å². The molecule has 2 heterocycles. The number of nitrogens with zero attached hydrogens (tertiary/aromatic N) is 2. The fourth-order valence-corrected chi connectivity index (χ4v) is 2.31. The number of halogens is 1. The zero-order chi connectivity index (χ0) is 16.2. The summed E-state index contributed by atoms with van der Waals surface area (Å²) < 4.78 is 1.82. The molecule has 118 valence electrons. The van der Waals surface area contributed by atoms with Gasteiger partial charge in [-0.1, -0.05) is 31.5 Å². The molecule has 5 nitrogen and oxygen atoms in total. The molecule has 2 N–H and O–H groups in total. The topological polar surface area (TPSA) is 66.6 Å². The molecule has 2 rings (SSSR count). The summed E-state index contributed by atoms with van der Waals surface area (Å²) in [6.07, 6.45) is 5.57. The highest BCUT2D eigenvalue weighted by atomic mass is 35.5. The van der Waals surface area contributed by atoms with Gasteiger partial charge in [0, 0.05) is 25.4 Å². The summed E-state index contributed by atoms with van der Waals surface area (Å²) in [5.41, 5.74) is 1.26. The molecule has 0 radical (unpaired) electrons. The summed E-state index contributed by atoms with van der Waals surface area (Å²) in [5, 5.41) is 12.2. The van der Waals surface area contributed by atoms with Gasteiger partial charge in [0.1, 0.15) is 5.65 Å². The van der Waals surface area contributed by atoms with Crippen LogP contribution < -0.4 is 5.32 Å². The summed E-state index contributed by atoms with van der Waals surface area (Å²) in [4.78, 5) is 16.1. The van der Waals surface area contributed by atoms with Gasteiger partial charge >= 0.3 is 0 Å². The molecule has 0 spiro atoms. The van der Waals surface area contributed by atoms with Gasteiger partial charge in [-0.15, -0.1) is 0 Å². The predicted molar refractivity (Wildman–Crippen MR) is 87.7 cm³/mol. The molecule has 0 saturated carbocycles. The van der Waals surface area contributed by atoms with Gasteiger partial charge in [-0.2, -0.15) is 0 Å². The van der Waals surface area contributed by atoms with Gasteiger partial charge < -0.3 is 10.4 Å². The average molecular weight is 322 g/mol. The van der Waals surface area contributed by atoms with Gasteiger partial charge in [0.05, 0.1) is 5.69 Å². The molecular weight excluding hydrogens is 302 g/mol. The third-order valence-electron chi connectivity index (χ3n) is 3.44. The first kappa shape index (κ1) is 16.5. The lowest BCUT2D eigenvalue weighted by Gasteiger charge is -2.23. The fourth-order valence-electron chi connectivity index (χ4n) is 2.07. The number of hydrogen-bond acceptors (Lipinski definition) is 3. The van der Waals surface area contributed by atoms with Gasteiger partial charge in [-0.25, -0.2) is 4.98 Å². The van der Waals surface area contributed by atoms with Crippen molar-refractivity contribution < 1.29 is 9.90 Å². The smallest absolute Gasteiger partial charge is 0.244 e. The summed E-state index contributed by atoms with van der Waals surface area (Å²) >= 11 is 6.10. The highest BCUT2D eigenvalue weighted by molar-refractivity contribution is 6.31. The van der Waals surface area contributed by atoms with Crippen molar-refractivity contribution in [3.05, 3.63) is 41.3 Å². The van der Waals surface area contributed by atoms with Crippen LogP contribution in [0.4, 0.5) is 0 Å². The minimum Gasteiger partial charge on any atom is -0.396 e. The van der Waals surface area contributed by atoms with E-state index in [1.807, 2.05) is 42.6 Å². The Labute approximate surface area is 134 Å². The van der Waals surface area contributed by atoms with Crippen molar-refractivity contribution in [1.29, 1.82) is 0 Å². The number of aromatic nitrogens is 2. The van der Waals surface area contributed by atoms with Gasteiger partial charge in [-0.05, 0) is 30.0 Å². The van der Waals surface area contributed by atoms with Crippen LogP contribution in [0.1, 0.15) is 26.0 Å². The van der Waals surface area contributed by atoms with Gasteiger partial charge in [0.2, 0.25) is 5.91 Å². The molecule has 0 saturated heterocycles. The number of carbonyl (C=O) groups excluding carboxylic acids is 1. The van der Waals surface area contributed by atoms with Crippen molar-refractivity contribution in [2.24, 2.45) is 5.41 Å². The molecule has 0 unspecified atom stereocenters. The van der Waals surface area contributed by atoms with Gasteiger partial charge in [-0.3, -0.25) is 9.20 Å². The molecule has 1 amide bonds. The number of aliphatic hydroxyl groups is 1. The van der Waals surface area contributed by atoms with Crippen molar-refractivity contribution in [3.63, 3.8) is 0 Å². The molecule has 0 aliphatic heterocycles. The maximum atomic E-state index is 11.9. The first-order valence-electron chi connectivity index (χ1n) is 7.12. The van der Waals surface area contributed by atoms with Crippen molar-refractivity contribution in [2.45, 2.75) is 20.3 Å². The summed E-state index contributed by atoms with van der Waals surface area (Å²) in [6.45, 7) is 4.59. The highest BCUT2D eigenvalue weighted by Gasteiger charge is 2.17. The number of aliphatic hydroxyl groups excluding tert-OH is 1. The van der Waals surface area contributed by atoms with E-state index in [1.54, 1.807) is 6.08 Å². The number of fused-ring (bicyclic) bond motifs is 1. The van der Waals surface area contributed by atoms with E-state index in [1.165, 1.54) is 6.08 Å². The molecule has 0 aromatic carbocycles. The third-order valence-corrected chi connectivity index (χ3v) is 3.72. The van der Waals surface area contributed by atoms with E-state index in [2.05, 4.69) is 10.3 Å². The summed E-state index contributed by atoms with van der Waals surface area (Å²) in [6, 6.07) is 5.60. The van der Waals surface area contributed by atoms with Crippen LogP contribution in [0.2, 0.25) is 5.15 Å². The summed E-state index contributed by atoms with van der Waals surface area (Å²) in [5.74, 6) is -0.201. The molecule has 0 aliphatic carbocycles. The van der Waals surface area contributed by atoms with E-state index in [4.69, 9.17) is 16.7 Å². The molecule has 0 bridgehead atoms. The number of pyridine rings is 1. The van der Waals surface area contributed by atoms with E-state index in [0.717, 1.165) is 5.65 Å².